The Bertz CT molecular complexity index is 601. The summed E-state index contributed by atoms with van der Waals surface area (Å²) < 4.78 is 5.25. The van der Waals surface area contributed by atoms with Gasteiger partial charge in [0.1, 0.15) is 17.6 Å². The van der Waals surface area contributed by atoms with Crippen molar-refractivity contribution in [3.05, 3.63) is 36.8 Å². The first-order chi connectivity index (χ1) is 8.43. The second kappa shape index (κ2) is 4.25. The van der Waals surface area contributed by atoms with Crippen LogP contribution >= 0.6 is 0 Å². The normalized spacial score (nSPS) is 10.8. The smallest absolute Gasteiger partial charge is 0.182 e. The molecule has 17 heavy (non-hydrogen) atoms. The number of hydrogen-bond donors (Lipinski definition) is 2. The number of rotatable bonds is 4. The third-order valence-electron chi connectivity index (χ3n) is 2.47. The Morgan fingerprint density at radius 3 is 3.18 bits per heavy atom. The standard InChI is InChI=1S/C11H11N5O/c1-2-8(17-5-1)3-4-12-10-9-11(14-6-13-9)16-7-15-10/h1-2,5-7H,3-4H2,(H2,12,13,14,15,16). The summed E-state index contributed by atoms with van der Waals surface area (Å²) >= 11 is 0. The van der Waals surface area contributed by atoms with Crippen molar-refractivity contribution in [1.29, 1.82) is 0 Å². The molecule has 0 saturated heterocycles. The fourth-order valence-electron chi connectivity index (χ4n) is 1.66. The molecule has 3 heterocycles. The molecule has 0 aliphatic rings. The lowest BCUT2D eigenvalue weighted by atomic mass is 10.3. The van der Waals surface area contributed by atoms with Crippen molar-refractivity contribution in [1.82, 2.24) is 19.9 Å². The first-order valence-electron chi connectivity index (χ1n) is 5.34. The van der Waals surface area contributed by atoms with Gasteiger partial charge in [0.15, 0.2) is 11.5 Å². The number of fused-ring (bicyclic) bond motifs is 1. The molecule has 86 valence electrons. The maximum Gasteiger partial charge on any atom is 0.182 e. The average Bonchev–Trinajstić information content (AvgIpc) is 2.99. The van der Waals surface area contributed by atoms with Crippen LogP contribution in [0.5, 0.6) is 0 Å². The number of aromatic nitrogens is 4. The molecule has 0 aliphatic carbocycles. The topological polar surface area (TPSA) is 79.6 Å². The molecular weight excluding hydrogens is 218 g/mol. The molecule has 6 heteroatoms. The maximum atomic E-state index is 5.25. The zero-order valence-corrected chi connectivity index (χ0v) is 9.05. The monoisotopic (exact) mass is 229 g/mol. The highest BCUT2D eigenvalue weighted by Gasteiger charge is 2.04. The van der Waals surface area contributed by atoms with Gasteiger partial charge in [-0.15, -0.1) is 0 Å². The number of H-pyrrole nitrogens is 1. The van der Waals surface area contributed by atoms with E-state index in [1.54, 1.807) is 12.6 Å². The summed E-state index contributed by atoms with van der Waals surface area (Å²) in [5, 5.41) is 3.23. The van der Waals surface area contributed by atoms with Crippen LogP contribution < -0.4 is 5.32 Å². The van der Waals surface area contributed by atoms with Crippen LogP contribution in [0.1, 0.15) is 5.76 Å². The Morgan fingerprint density at radius 1 is 1.29 bits per heavy atom. The molecule has 6 nitrogen and oxygen atoms in total. The van der Waals surface area contributed by atoms with Crippen LogP contribution in [0.25, 0.3) is 11.2 Å². The summed E-state index contributed by atoms with van der Waals surface area (Å²) in [6, 6.07) is 3.83. The number of aromatic amines is 1. The van der Waals surface area contributed by atoms with Gasteiger partial charge in [-0.3, -0.25) is 0 Å². The Hall–Kier alpha value is -2.37. The number of anilines is 1. The molecule has 0 unspecified atom stereocenters. The van der Waals surface area contributed by atoms with Crippen LogP contribution in [0.3, 0.4) is 0 Å². The summed E-state index contributed by atoms with van der Waals surface area (Å²) in [7, 11) is 0. The molecule has 0 saturated carbocycles. The lowest BCUT2D eigenvalue weighted by molar-refractivity contribution is 0.513. The van der Waals surface area contributed by atoms with Gasteiger partial charge in [-0.05, 0) is 12.1 Å². The minimum atomic E-state index is 0.667. The molecule has 3 aromatic heterocycles. The van der Waals surface area contributed by atoms with E-state index in [2.05, 4.69) is 25.3 Å². The van der Waals surface area contributed by atoms with Crippen LogP contribution in [-0.2, 0) is 6.42 Å². The quantitative estimate of drug-likeness (QED) is 0.710. The number of imidazole rings is 1. The second-order valence-electron chi connectivity index (χ2n) is 3.58. The molecule has 0 spiro atoms. The van der Waals surface area contributed by atoms with Crippen LogP contribution in [0.4, 0.5) is 5.82 Å². The van der Waals surface area contributed by atoms with Crippen LogP contribution in [0.2, 0.25) is 0 Å². The van der Waals surface area contributed by atoms with Gasteiger partial charge in [-0.2, -0.15) is 0 Å². The number of nitrogens with one attached hydrogen (secondary N) is 2. The molecule has 0 atom stereocenters. The first-order valence-corrected chi connectivity index (χ1v) is 5.34. The Morgan fingerprint density at radius 2 is 2.29 bits per heavy atom. The highest BCUT2D eigenvalue weighted by atomic mass is 16.3. The van der Waals surface area contributed by atoms with Gasteiger partial charge >= 0.3 is 0 Å². The summed E-state index contributed by atoms with van der Waals surface area (Å²) in [4.78, 5) is 15.3. The fraction of sp³-hybridized carbons (Fsp3) is 0.182. The first kappa shape index (κ1) is 9.83. The van der Waals surface area contributed by atoms with Gasteiger partial charge in [0.2, 0.25) is 0 Å². The van der Waals surface area contributed by atoms with E-state index in [4.69, 9.17) is 4.42 Å². The van der Waals surface area contributed by atoms with Gasteiger partial charge in [0.05, 0.1) is 12.6 Å². The molecule has 0 amide bonds. The van der Waals surface area contributed by atoms with Crippen molar-refractivity contribution < 1.29 is 4.42 Å². The minimum Gasteiger partial charge on any atom is -0.469 e. The van der Waals surface area contributed by atoms with Gasteiger partial charge in [-0.1, -0.05) is 0 Å². The predicted octanol–water partition coefficient (Wildman–Crippen LogP) is 1.60. The minimum absolute atomic E-state index is 0.667. The van der Waals surface area contributed by atoms with Gasteiger partial charge in [0.25, 0.3) is 0 Å². The van der Waals surface area contributed by atoms with Crippen molar-refractivity contribution >= 4 is 17.0 Å². The summed E-state index contributed by atoms with van der Waals surface area (Å²) in [5.74, 6) is 1.71. The third kappa shape index (κ3) is 1.96. The fourth-order valence-corrected chi connectivity index (χ4v) is 1.66. The maximum absolute atomic E-state index is 5.25. The highest BCUT2D eigenvalue weighted by molar-refractivity contribution is 5.81. The molecule has 0 radical (unpaired) electrons. The Balaban J connectivity index is 1.70. The van der Waals surface area contributed by atoms with Crippen molar-refractivity contribution in [2.75, 3.05) is 11.9 Å². The Labute approximate surface area is 97.1 Å². The van der Waals surface area contributed by atoms with E-state index in [0.717, 1.165) is 30.1 Å². The van der Waals surface area contributed by atoms with Gasteiger partial charge in [-0.25, -0.2) is 15.0 Å². The van der Waals surface area contributed by atoms with Crippen molar-refractivity contribution in [3.8, 4) is 0 Å². The van der Waals surface area contributed by atoms with Gasteiger partial charge in [0, 0.05) is 13.0 Å². The summed E-state index contributed by atoms with van der Waals surface area (Å²) in [6.07, 6.45) is 5.59. The van der Waals surface area contributed by atoms with E-state index in [9.17, 15) is 0 Å². The lowest BCUT2D eigenvalue weighted by Gasteiger charge is -2.04. The molecule has 2 N–H and O–H groups in total. The molecule has 0 fully saturated rings. The van der Waals surface area contributed by atoms with Crippen LogP contribution in [0.15, 0.2) is 35.5 Å². The van der Waals surface area contributed by atoms with Crippen LogP contribution in [0, 0.1) is 0 Å². The van der Waals surface area contributed by atoms with E-state index >= 15 is 0 Å². The van der Waals surface area contributed by atoms with E-state index in [1.807, 2.05) is 12.1 Å². The van der Waals surface area contributed by atoms with E-state index in [1.165, 1.54) is 6.33 Å². The van der Waals surface area contributed by atoms with Crippen molar-refractivity contribution in [2.24, 2.45) is 0 Å². The summed E-state index contributed by atoms with van der Waals surface area (Å²) in [5.41, 5.74) is 1.49. The Kier molecular flexibility index (Phi) is 2.45. The number of hydrogen-bond acceptors (Lipinski definition) is 5. The van der Waals surface area contributed by atoms with Crippen molar-refractivity contribution in [2.45, 2.75) is 6.42 Å². The van der Waals surface area contributed by atoms with Crippen LogP contribution in [-0.4, -0.2) is 26.5 Å². The van der Waals surface area contributed by atoms with E-state index < -0.39 is 0 Å². The number of furan rings is 1. The van der Waals surface area contributed by atoms with Gasteiger partial charge < -0.3 is 14.7 Å². The molecule has 0 bridgehead atoms. The third-order valence-corrected chi connectivity index (χ3v) is 2.47. The SMILES string of the molecule is c1coc(CCNc2ncnc3nc[nH]c23)c1. The molecule has 0 aromatic carbocycles. The van der Waals surface area contributed by atoms with E-state index in [-0.39, 0.29) is 0 Å². The summed E-state index contributed by atoms with van der Waals surface area (Å²) in [6.45, 7) is 0.749. The molecule has 0 aliphatic heterocycles. The molecule has 3 aromatic rings. The zero-order valence-electron chi connectivity index (χ0n) is 9.05. The van der Waals surface area contributed by atoms with E-state index in [0.29, 0.717) is 5.65 Å². The lowest BCUT2D eigenvalue weighted by Crippen LogP contribution is -2.06. The largest absolute Gasteiger partial charge is 0.469 e. The second-order valence-corrected chi connectivity index (χ2v) is 3.58. The molecule has 3 rings (SSSR count). The predicted molar refractivity (Wildman–Crippen MR) is 62.6 cm³/mol. The van der Waals surface area contributed by atoms with Crippen molar-refractivity contribution in [3.63, 3.8) is 0 Å². The highest BCUT2D eigenvalue weighted by Crippen LogP contribution is 2.14. The molecular formula is C11H11N5O. The number of nitrogens with zero attached hydrogens (tertiary/aromatic N) is 3. The average molecular weight is 229 g/mol. The zero-order chi connectivity index (χ0) is 11.5.